The second kappa shape index (κ2) is 13.1. The van der Waals surface area contributed by atoms with E-state index in [1.165, 1.54) is 7.11 Å². The number of esters is 1. The predicted molar refractivity (Wildman–Crippen MR) is 157 cm³/mol. The summed E-state index contributed by atoms with van der Waals surface area (Å²) in [7, 11) is 1.38. The molecule has 0 saturated carbocycles. The summed E-state index contributed by atoms with van der Waals surface area (Å²) < 4.78 is 7.08. The van der Waals surface area contributed by atoms with Gasteiger partial charge >= 0.3 is 5.97 Å². The van der Waals surface area contributed by atoms with Crippen molar-refractivity contribution in [2.75, 3.05) is 38.6 Å². The van der Waals surface area contributed by atoms with Gasteiger partial charge in [-0.05, 0) is 93.1 Å². The van der Waals surface area contributed by atoms with Crippen LogP contribution in [0.5, 0.6) is 0 Å². The fourth-order valence-corrected chi connectivity index (χ4v) is 5.01. The molecule has 8 nitrogen and oxygen atoms in total. The van der Waals surface area contributed by atoms with E-state index in [1.54, 1.807) is 12.1 Å². The third-order valence-corrected chi connectivity index (χ3v) is 7.41. The number of piperidine rings is 1. The first-order valence-electron chi connectivity index (χ1n) is 14.2. The molecule has 1 saturated heterocycles. The third kappa shape index (κ3) is 7.18. The lowest BCUT2D eigenvalue weighted by Gasteiger charge is -2.27. The molecule has 0 atom stereocenters. The number of fused-ring (bicyclic) bond motifs is 1. The predicted octanol–water partition coefficient (Wildman–Crippen LogP) is 6.03. The second-order valence-electron chi connectivity index (χ2n) is 11.3. The van der Waals surface area contributed by atoms with Gasteiger partial charge in [0.1, 0.15) is 0 Å². The first-order valence-corrected chi connectivity index (χ1v) is 14.2. The Balaban J connectivity index is 1.68. The molecule has 0 aliphatic carbocycles. The molecule has 0 unspecified atom stereocenters. The molecule has 1 amide bonds. The highest BCUT2D eigenvalue weighted by Gasteiger charge is 2.24. The zero-order chi connectivity index (χ0) is 27.9. The maximum atomic E-state index is 13.7. The molecule has 1 aliphatic rings. The lowest BCUT2D eigenvalue weighted by atomic mass is 10.1. The van der Waals surface area contributed by atoms with E-state index in [-0.39, 0.29) is 17.9 Å². The maximum Gasteiger partial charge on any atom is 0.337 e. The first-order chi connectivity index (χ1) is 18.8. The molecule has 0 spiro atoms. The number of rotatable bonds is 11. The van der Waals surface area contributed by atoms with Gasteiger partial charge < -0.3 is 24.8 Å². The van der Waals surface area contributed by atoms with Gasteiger partial charge in [-0.1, -0.05) is 27.7 Å². The number of nitrogens with one attached hydrogen (secondary N) is 2. The zero-order valence-electron chi connectivity index (χ0n) is 24.0. The summed E-state index contributed by atoms with van der Waals surface area (Å²) in [6, 6.07) is 13.4. The number of methoxy groups -OCH3 is 1. The van der Waals surface area contributed by atoms with E-state index in [0.29, 0.717) is 23.0 Å². The van der Waals surface area contributed by atoms with Crippen molar-refractivity contribution in [2.45, 2.75) is 59.4 Å². The van der Waals surface area contributed by atoms with Crippen molar-refractivity contribution >= 4 is 34.5 Å². The number of benzene rings is 2. The number of ether oxygens (including phenoxy) is 1. The van der Waals surface area contributed by atoms with E-state index >= 15 is 0 Å². The van der Waals surface area contributed by atoms with Gasteiger partial charge in [-0.25, -0.2) is 9.78 Å². The van der Waals surface area contributed by atoms with Crippen molar-refractivity contribution in [3.63, 3.8) is 0 Å². The van der Waals surface area contributed by atoms with Crippen molar-refractivity contribution in [1.82, 2.24) is 19.8 Å². The highest BCUT2D eigenvalue weighted by molar-refractivity contribution is 5.98. The molecule has 0 bridgehead atoms. The van der Waals surface area contributed by atoms with Crippen LogP contribution >= 0.6 is 0 Å². The van der Waals surface area contributed by atoms with Crippen LogP contribution in [0.3, 0.4) is 0 Å². The lowest BCUT2D eigenvalue weighted by molar-refractivity contribution is 0.0600. The molecule has 8 heteroatoms. The zero-order valence-corrected chi connectivity index (χ0v) is 24.0. The van der Waals surface area contributed by atoms with Crippen LogP contribution in [0, 0.1) is 11.8 Å². The number of amides is 1. The van der Waals surface area contributed by atoms with Crippen LogP contribution in [0.2, 0.25) is 0 Å². The Bertz CT molecular complexity index is 1250. The highest BCUT2D eigenvalue weighted by Crippen LogP contribution is 2.32. The molecule has 2 aromatic carbocycles. The van der Waals surface area contributed by atoms with E-state index in [0.717, 1.165) is 74.5 Å². The van der Waals surface area contributed by atoms with Gasteiger partial charge in [-0.15, -0.1) is 0 Å². The van der Waals surface area contributed by atoms with Crippen LogP contribution in [-0.4, -0.2) is 59.6 Å². The smallest absolute Gasteiger partial charge is 0.337 e. The van der Waals surface area contributed by atoms with Crippen LogP contribution in [-0.2, 0) is 4.74 Å². The molecule has 39 heavy (non-hydrogen) atoms. The quantitative estimate of drug-likeness (QED) is 0.293. The standard InChI is InChI=1S/C31H43N5O3/c1-21(2)14-18-35(19-15-22(3)4)29(37)24-8-11-27-28(20-24)36(26-12-16-32-17-13-26)31(34-27)33-25-9-6-23(7-10-25)30(38)39-5/h6-11,20-22,26,32H,12-19H2,1-5H3,(H,33,34). The van der Waals surface area contributed by atoms with E-state index in [4.69, 9.17) is 9.72 Å². The number of anilines is 2. The van der Waals surface area contributed by atoms with Gasteiger partial charge in [0.05, 0.1) is 23.7 Å². The molecule has 1 aliphatic heterocycles. The van der Waals surface area contributed by atoms with E-state index in [2.05, 4.69) is 42.9 Å². The summed E-state index contributed by atoms with van der Waals surface area (Å²) in [5.74, 6) is 1.54. The fraction of sp³-hybridized carbons (Fsp3) is 0.516. The van der Waals surface area contributed by atoms with Crippen molar-refractivity contribution in [2.24, 2.45) is 11.8 Å². The molecule has 210 valence electrons. The van der Waals surface area contributed by atoms with Crippen LogP contribution < -0.4 is 10.6 Å². The minimum Gasteiger partial charge on any atom is -0.465 e. The number of carbonyl (C=O) groups is 2. The Kier molecular flexibility index (Phi) is 9.62. The minimum absolute atomic E-state index is 0.0872. The molecular weight excluding hydrogens is 490 g/mol. The number of imidazole rings is 1. The fourth-order valence-electron chi connectivity index (χ4n) is 5.01. The largest absolute Gasteiger partial charge is 0.465 e. The lowest BCUT2D eigenvalue weighted by Crippen LogP contribution is -2.34. The van der Waals surface area contributed by atoms with Gasteiger partial charge in [0.25, 0.3) is 5.91 Å². The third-order valence-electron chi connectivity index (χ3n) is 7.41. The van der Waals surface area contributed by atoms with Crippen LogP contribution in [0.15, 0.2) is 42.5 Å². The van der Waals surface area contributed by atoms with Gasteiger partial charge in [0, 0.05) is 30.4 Å². The van der Waals surface area contributed by atoms with Crippen molar-refractivity contribution in [1.29, 1.82) is 0 Å². The van der Waals surface area contributed by atoms with Crippen molar-refractivity contribution < 1.29 is 14.3 Å². The SMILES string of the molecule is COC(=O)c1ccc(Nc2nc3ccc(C(=O)N(CCC(C)C)CCC(C)C)cc3n2C2CCNCC2)cc1. The Morgan fingerprint density at radius 2 is 1.62 bits per heavy atom. The van der Waals surface area contributed by atoms with E-state index < -0.39 is 0 Å². The maximum absolute atomic E-state index is 13.7. The average Bonchev–Trinajstić information content (AvgIpc) is 3.29. The Hall–Kier alpha value is -3.39. The number of hydrogen-bond donors (Lipinski definition) is 2. The molecule has 2 heterocycles. The van der Waals surface area contributed by atoms with Gasteiger partial charge in [0.15, 0.2) is 0 Å². The second-order valence-corrected chi connectivity index (χ2v) is 11.3. The minimum atomic E-state index is -0.364. The van der Waals surface area contributed by atoms with Gasteiger partial charge in [-0.2, -0.15) is 0 Å². The molecule has 0 radical (unpaired) electrons. The van der Waals surface area contributed by atoms with Gasteiger partial charge in [0.2, 0.25) is 5.95 Å². The number of aromatic nitrogens is 2. The summed E-state index contributed by atoms with van der Waals surface area (Å²) in [5.41, 5.74) is 3.86. The Morgan fingerprint density at radius 1 is 1.00 bits per heavy atom. The molecule has 1 fully saturated rings. The Labute approximate surface area is 232 Å². The average molecular weight is 534 g/mol. The Morgan fingerprint density at radius 3 is 2.21 bits per heavy atom. The normalized spacial score (nSPS) is 14.2. The van der Waals surface area contributed by atoms with Crippen LogP contribution in [0.4, 0.5) is 11.6 Å². The van der Waals surface area contributed by atoms with Crippen LogP contribution in [0.25, 0.3) is 11.0 Å². The summed E-state index contributed by atoms with van der Waals surface area (Å²) in [6.45, 7) is 12.2. The van der Waals surface area contributed by atoms with Crippen molar-refractivity contribution in [3.8, 4) is 0 Å². The number of carbonyl (C=O) groups excluding carboxylic acids is 2. The number of nitrogens with zero attached hydrogens (tertiary/aromatic N) is 3. The molecule has 4 rings (SSSR count). The highest BCUT2D eigenvalue weighted by atomic mass is 16.5. The van der Waals surface area contributed by atoms with Crippen molar-refractivity contribution in [3.05, 3.63) is 53.6 Å². The topological polar surface area (TPSA) is 88.5 Å². The first kappa shape index (κ1) is 28.6. The monoisotopic (exact) mass is 533 g/mol. The van der Waals surface area contributed by atoms with E-state index in [1.807, 2.05) is 35.2 Å². The molecule has 3 aromatic rings. The van der Waals surface area contributed by atoms with Gasteiger partial charge in [-0.3, -0.25) is 4.79 Å². The van der Waals surface area contributed by atoms with E-state index in [9.17, 15) is 9.59 Å². The summed E-state index contributed by atoms with van der Waals surface area (Å²) in [4.78, 5) is 32.6. The molecular formula is C31H43N5O3. The number of hydrogen-bond acceptors (Lipinski definition) is 6. The summed E-state index contributed by atoms with van der Waals surface area (Å²) >= 11 is 0. The molecule has 1 aromatic heterocycles. The summed E-state index contributed by atoms with van der Waals surface area (Å²) in [5, 5.41) is 6.91. The summed E-state index contributed by atoms with van der Waals surface area (Å²) in [6.07, 6.45) is 3.94. The van der Waals surface area contributed by atoms with Crippen LogP contribution in [0.1, 0.15) is 80.1 Å². The molecule has 2 N–H and O–H groups in total.